The summed E-state index contributed by atoms with van der Waals surface area (Å²) in [5, 5.41) is 0.755. The summed E-state index contributed by atoms with van der Waals surface area (Å²) in [6.07, 6.45) is 2.74. The van der Waals surface area contributed by atoms with Gasteiger partial charge in [0, 0.05) is 28.2 Å². The standard InChI is InChI=1S/C13H13ClN2S/c14-12-5-4-10(15)9-13(12)17-8-6-11-3-1-2-7-16-11/h1-5,7,9H,6,8,15H2. The average molecular weight is 265 g/mol. The lowest BCUT2D eigenvalue weighted by molar-refractivity contribution is 1.05. The average Bonchev–Trinajstić information content (AvgIpc) is 2.35. The molecule has 0 saturated heterocycles. The minimum atomic E-state index is 0.745. The monoisotopic (exact) mass is 264 g/mol. The fraction of sp³-hybridized carbons (Fsp3) is 0.154. The van der Waals surface area contributed by atoms with Crippen molar-refractivity contribution < 1.29 is 0 Å². The van der Waals surface area contributed by atoms with E-state index in [2.05, 4.69) is 4.98 Å². The van der Waals surface area contributed by atoms with Crippen molar-refractivity contribution in [2.75, 3.05) is 11.5 Å². The van der Waals surface area contributed by atoms with Gasteiger partial charge in [-0.15, -0.1) is 11.8 Å². The number of pyridine rings is 1. The molecule has 4 heteroatoms. The number of nitrogen functional groups attached to an aromatic ring is 1. The lowest BCUT2D eigenvalue weighted by Gasteiger charge is -2.05. The number of halogens is 1. The molecular formula is C13H13ClN2S. The Morgan fingerprint density at radius 3 is 2.88 bits per heavy atom. The quantitative estimate of drug-likeness (QED) is 0.677. The van der Waals surface area contributed by atoms with E-state index in [0.29, 0.717) is 0 Å². The highest BCUT2D eigenvalue weighted by molar-refractivity contribution is 7.99. The second-order valence-corrected chi connectivity index (χ2v) is 5.15. The molecule has 88 valence electrons. The number of thioether (sulfide) groups is 1. The minimum Gasteiger partial charge on any atom is -0.399 e. The molecule has 17 heavy (non-hydrogen) atoms. The van der Waals surface area contributed by atoms with Crippen LogP contribution in [0.4, 0.5) is 5.69 Å². The van der Waals surface area contributed by atoms with Crippen LogP contribution < -0.4 is 5.73 Å². The summed E-state index contributed by atoms with van der Waals surface area (Å²) in [7, 11) is 0. The number of anilines is 1. The minimum absolute atomic E-state index is 0.745. The fourth-order valence-corrected chi connectivity index (χ4v) is 2.68. The van der Waals surface area contributed by atoms with Gasteiger partial charge in [-0.3, -0.25) is 4.98 Å². The molecule has 0 aliphatic heterocycles. The Kier molecular flexibility index (Phi) is 4.29. The summed E-state index contributed by atoms with van der Waals surface area (Å²) < 4.78 is 0. The van der Waals surface area contributed by atoms with Gasteiger partial charge in [0.1, 0.15) is 0 Å². The predicted molar refractivity (Wildman–Crippen MR) is 74.5 cm³/mol. The van der Waals surface area contributed by atoms with E-state index in [-0.39, 0.29) is 0 Å². The maximum Gasteiger partial charge on any atom is 0.0543 e. The molecule has 0 bridgehead atoms. The molecule has 0 aliphatic carbocycles. The van der Waals surface area contributed by atoms with Gasteiger partial charge >= 0.3 is 0 Å². The first kappa shape index (κ1) is 12.3. The van der Waals surface area contributed by atoms with Crippen LogP contribution in [0.5, 0.6) is 0 Å². The van der Waals surface area contributed by atoms with Crippen LogP contribution in [-0.2, 0) is 6.42 Å². The molecule has 2 rings (SSSR count). The third kappa shape index (κ3) is 3.65. The first-order valence-electron chi connectivity index (χ1n) is 5.33. The predicted octanol–water partition coefficient (Wildman–Crippen LogP) is 3.65. The van der Waals surface area contributed by atoms with Gasteiger partial charge in [0.25, 0.3) is 0 Å². The second-order valence-electron chi connectivity index (χ2n) is 3.61. The highest BCUT2D eigenvalue weighted by Crippen LogP contribution is 2.29. The molecule has 1 heterocycles. The molecule has 0 fully saturated rings. The van der Waals surface area contributed by atoms with Crippen LogP contribution in [0.3, 0.4) is 0 Å². The number of nitrogens with two attached hydrogens (primary N) is 1. The van der Waals surface area contributed by atoms with Crippen molar-refractivity contribution in [3.63, 3.8) is 0 Å². The van der Waals surface area contributed by atoms with E-state index >= 15 is 0 Å². The zero-order valence-corrected chi connectivity index (χ0v) is 10.8. The SMILES string of the molecule is Nc1ccc(Cl)c(SCCc2ccccn2)c1. The fourth-order valence-electron chi connectivity index (χ4n) is 1.44. The number of hydrogen-bond acceptors (Lipinski definition) is 3. The molecule has 0 spiro atoms. The van der Waals surface area contributed by atoms with Crippen LogP contribution in [0.2, 0.25) is 5.02 Å². The zero-order valence-electron chi connectivity index (χ0n) is 9.27. The number of benzene rings is 1. The number of nitrogens with zero attached hydrogens (tertiary/aromatic N) is 1. The van der Waals surface area contributed by atoms with Crippen LogP contribution in [0.15, 0.2) is 47.5 Å². The van der Waals surface area contributed by atoms with Crippen molar-refractivity contribution in [3.8, 4) is 0 Å². The lowest BCUT2D eigenvalue weighted by Crippen LogP contribution is -1.92. The van der Waals surface area contributed by atoms with E-state index < -0.39 is 0 Å². The van der Waals surface area contributed by atoms with Gasteiger partial charge in [0.2, 0.25) is 0 Å². The molecule has 1 aromatic carbocycles. The molecule has 0 unspecified atom stereocenters. The highest BCUT2D eigenvalue weighted by Gasteiger charge is 2.02. The van der Waals surface area contributed by atoms with Gasteiger partial charge in [0.05, 0.1) is 5.02 Å². The van der Waals surface area contributed by atoms with Gasteiger partial charge < -0.3 is 5.73 Å². The van der Waals surface area contributed by atoms with Crippen molar-refractivity contribution in [1.29, 1.82) is 0 Å². The van der Waals surface area contributed by atoms with Crippen molar-refractivity contribution >= 4 is 29.1 Å². The van der Waals surface area contributed by atoms with Gasteiger partial charge in [0.15, 0.2) is 0 Å². The van der Waals surface area contributed by atoms with E-state index in [0.717, 1.165) is 33.5 Å². The number of rotatable bonds is 4. The largest absolute Gasteiger partial charge is 0.399 e. The summed E-state index contributed by atoms with van der Waals surface area (Å²) in [6, 6.07) is 11.5. The van der Waals surface area contributed by atoms with Gasteiger partial charge in [-0.25, -0.2) is 0 Å². The molecule has 2 N–H and O–H groups in total. The van der Waals surface area contributed by atoms with Crippen molar-refractivity contribution in [2.45, 2.75) is 11.3 Å². The third-order valence-electron chi connectivity index (χ3n) is 2.30. The maximum absolute atomic E-state index is 6.09. The first-order valence-corrected chi connectivity index (χ1v) is 6.70. The normalized spacial score (nSPS) is 10.4. The topological polar surface area (TPSA) is 38.9 Å². The zero-order chi connectivity index (χ0) is 12.1. The van der Waals surface area contributed by atoms with E-state index in [1.165, 1.54) is 0 Å². The Hall–Kier alpha value is -1.19. The first-order chi connectivity index (χ1) is 8.25. The third-order valence-corrected chi connectivity index (χ3v) is 3.80. The highest BCUT2D eigenvalue weighted by atomic mass is 35.5. The molecule has 2 aromatic rings. The molecule has 0 saturated carbocycles. The van der Waals surface area contributed by atoms with Crippen LogP contribution in [0.25, 0.3) is 0 Å². The van der Waals surface area contributed by atoms with E-state index in [1.807, 2.05) is 42.6 Å². The molecule has 0 aliphatic rings. The Labute approximate surface area is 110 Å². The van der Waals surface area contributed by atoms with Crippen LogP contribution in [0, 0.1) is 0 Å². The Bertz CT molecular complexity index is 488. The molecule has 0 amide bonds. The molecular weight excluding hydrogens is 252 g/mol. The Morgan fingerprint density at radius 2 is 2.12 bits per heavy atom. The van der Waals surface area contributed by atoms with Crippen molar-refractivity contribution in [1.82, 2.24) is 4.98 Å². The summed E-state index contributed by atoms with van der Waals surface area (Å²) in [6.45, 7) is 0. The van der Waals surface area contributed by atoms with Gasteiger partial charge in [-0.1, -0.05) is 17.7 Å². The number of aromatic nitrogens is 1. The van der Waals surface area contributed by atoms with Crippen LogP contribution in [0.1, 0.15) is 5.69 Å². The Balaban J connectivity index is 1.92. The van der Waals surface area contributed by atoms with E-state index in [1.54, 1.807) is 11.8 Å². The molecule has 1 aromatic heterocycles. The van der Waals surface area contributed by atoms with Gasteiger partial charge in [-0.2, -0.15) is 0 Å². The smallest absolute Gasteiger partial charge is 0.0543 e. The number of aryl methyl sites for hydroxylation is 1. The van der Waals surface area contributed by atoms with Crippen molar-refractivity contribution in [3.05, 3.63) is 53.3 Å². The molecule has 0 radical (unpaired) electrons. The summed E-state index contributed by atoms with van der Waals surface area (Å²) >= 11 is 7.79. The second kappa shape index (κ2) is 5.94. The van der Waals surface area contributed by atoms with Gasteiger partial charge in [-0.05, 0) is 36.8 Å². The maximum atomic E-state index is 6.09. The molecule has 0 atom stereocenters. The number of hydrogen-bond donors (Lipinski definition) is 1. The Morgan fingerprint density at radius 1 is 1.24 bits per heavy atom. The van der Waals surface area contributed by atoms with Crippen molar-refractivity contribution in [2.24, 2.45) is 0 Å². The van der Waals surface area contributed by atoms with Crippen LogP contribution in [-0.4, -0.2) is 10.7 Å². The summed E-state index contributed by atoms with van der Waals surface area (Å²) in [5.41, 5.74) is 7.57. The van der Waals surface area contributed by atoms with E-state index in [4.69, 9.17) is 17.3 Å². The summed E-state index contributed by atoms with van der Waals surface area (Å²) in [5.74, 6) is 0.945. The summed E-state index contributed by atoms with van der Waals surface area (Å²) in [4.78, 5) is 5.31. The molecule has 2 nitrogen and oxygen atoms in total. The van der Waals surface area contributed by atoms with E-state index in [9.17, 15) is 0 Å². The lowest BCUT2D eigenvalue weighted by atomic mass is 10.3. The van der Waals surface area contributed by atoms with Crippen LogP contribution >= 0.6 is 23.4 Å².